The van der Waals surface area contributed by atoms with Gasteiger partial charge < -0.3 is 9.47 Å². The van der Waals surface area contributed by atoms with Crippen LogP contribution in [0.4, 0.5) is 17.1 Å². The van der Waals surface area contributed by atoms with Crippen LogP contribution in [-0.4, -0.2) is 4.57 Å². The molecule has 0 radical (unpaired) electrons. The first-order chi connectivity index (χ1) is 40.1. The number of nitrogens with zero attached hydrogens (tertiary/aromatic N) is 2. The summed E-state index contributed by atoms with van der Waals surface area (Å²) in [5.41, 5.74) is 16.6. The molecule has 0 spiro atoms. The number of rotatable bonds is 6. The molecule has 0 unspecified atom stereocenters. The van der Waals surface area contributed by atoms with E-state index < -0.39 is 0 Å². The summed E-state index contributed by atoms with van der Waals surface area (Å²) in [5, 5.41) is 17.5. The Morgan fingerprint density at radius 1 is 0.222 bits per heavy atom. The van der Waals surface area contributed by atoms with E-state index in [4.69, 9.17) is 0 Å². The minimum Gasteiger partial charge on any atom is -0.309 e. The summed E-state index contributed by atoms with van der Waals surface area (Å²) in [6.07, 6.45) is 0. The maximum absolute atomic E-state index is 2.53. The summed E-state index contributed by atoms with van der Waals surface area (Å²) < 4.78 is 2.49. The van der Waals surface area contributed by atoms with Crippen LogP contribution in [0.3, 0.4) is 0 Å². The second-order valence-electron chi connectivity index (χ2n) is 21.6. The van der Waals surface area contributed by atoms with Crippen LogP contribution < -0.4 is 4.90 Å². The van der Waals surface area contributed by atoms with Crippen LogP contribution >= 0.6 is 11.8 Å². The van der Waals surface area contributed by atoms with E-state index >= 15 is 0 Å². The van der Waals surface area contributed by atoms with Gasteiger partial charge in [-0.15, -0.1) is 0 Å². The molecule has 0 fully saturated rings. The first-order valence-corrected chi connectivity index (χ1v) is 28.7. The van der Waals surface area contributed by atoms with Crippen LogP contribution in [0.2, 0.25) is 0 Å². The standard InChI is InChI=1S/C78H48N2S/c1-3-17-49(18-4-1)58-39-59(50-19-5-2-6-20-50)41-60(40-58)79-73-36-32-55(43-70(73)71-42-51-21-7-8-22-52(51)45-75(71)79)56-33-37-74-77(48-56)81-78-47-54-24-10-9-23-53(54)46-76(78)80(74)72-38-35-61(62-25-15-16-30-68(62)72)57-31-34-67-65-28-12-11-26-63(65)64-27-13-14-29-66(64)69(67)44-57/h1-48H. The van der Waals surface area contributed by atoms with E-state index in [2.05, 4.69) is 301 Å². The maximum atomic E-state index is 2.53. The van der Waals surface area contributed by atoms with Gasteiger partial charge in [-0.05, 0) is 183 Å². The number of anilines is 3. The number of fused-ring (bicyclic) bond motifs is 14. The molecule has 1 aromatic heterocycles. The van der Waals surface area contributed by atoms with E-state index in [1.807, 2.05) is 11.8 Å². The molecule has 2 heterocycles. The molecule has 15 aromatic carbocycles. The van der Waals surface area contributed by atoms with E-state index in [1.165, 1.54) is 152 Å². The lowest BCUT2D eigenvalue weighted by Gasteiger charge is -2.34. The van der Waals surface area contributed by atoms with Gasteiger partial charge in [0.05, 0.1) is 28.1 Å². The predicted molar refractivity (Wildman–Crippen MR) is 346 cm³/mol. The Balaban J connectivity index is 0.829. The lowest BCUT2D eigenvalue weighted by molar-refractivity contribution is 1.18. The molecular weight excluding hydrogens is 997 g/mol. The zero-order valence-corrected chi connectivity index (χ0v) is 44.8. The van der Waals surface area contributed by atoms with Crippen LogP contribution in [0, 0.1) is 0 Å². The van der Waals surface area contributed by atoms with E-state index in [9.17, 15) is 0 Å². The molecule has 0 N–H and O–H groups in total. The molecule has 0 atom stereocenters. The van der Waals surface area contributed by atoms with Crippen molar-refractivity contribution in [1.29, 1.82) is 0 Å². The Hall–Kier alpha value is -10.2. The van der Waals surface area contributed by atoms with Crippen LogP contribution in [-0.2, 0) is 0 Å². The van der Waals surface area contributed by atoms with Gasteiger partial charge >= 0.3 is 0 Å². The number of aromatic nitrogens is 1. The van der Waals surface area contributed by atoms with Crippen LogP contribution in [0.15, 0.2) is 301 Å². The molecule has 0 saturated carbocycles. The van der Waals surface area contributed by atoms with Gasteiger partial charge in [0.15, 0.2) is 0 Å². The van der Waals surface area contributed by atoms with E-state index in [1.54, 1.807) is 0 Å². The number of benzene rings is 15. The lowest BCUT2D eigenvalue weighted by atomic mass is 9.90. The topological polar surface area (TPSA) is 8.17 Å². The Labute approximate surface area is 473 Å². The third-order valence-corrected chi connectivity index (χ3v) is 18.1. The van der Waals surface area contributed by atoms with E-state index in [0.29, 0.717) is 0 Å². The van der Waals surface area contributed by atoms with E-state index in [0.717, 1.165) is 11.4 Å². The Bertz CT molecular complexity index is 5180. The SMILES string of the molecule is c1ccc(-c2cc(-c3ccccc3)cc(-n3c4ccc(-c5ccc6c(c5)Sc5cc7ccccc7cc5N6c5ccc(-c6ccc7c8ccccc8c8ccccc8c7c6)c6ccccc56)cc4c4cc5ccccc5cc43)c2)cc1. The summed E-state index contributed by atoms with van der Waals surface area (Å²) in [4.78, 5) is 4.98. The predicted octanol–water partition coefficient (Wildman–Crippen LogP) is 22.3. The second-order valence-corrected chi connectivity index (χ2v) is 22.7. The zero-order valence-electron chi connectivity index (χ0n) is 44.0. The molecule has 0 bridgehead atoms. The normalized spacial score (nSPS) is 12.4. The molecular formula is C78H48N2S. The fraction of sp³-hybridized carbons (Fsp3) is 0. The highest BCUT2D eigenvalue weighted by atomic mass is 32.2. The smallest absolute Gasteiger partial charge is 0.0608 e. The molecule has 81 heavy (non-hydrogen) atoms. The Morgan fingerprint density at radius 3 is 1.38 bits per heavy atom. The van der Waals surface area contributed by atoms with Gasteiger partial charge in [0.2, 0.25) is 0 Å². The highest BCUT2D eigenvalue weighted by Crippen LogP contribution is 2.55. The van der Waals surface area contributed by atoms with Crippen molar-refractivity contribution in [3.05, 3.63) is 291 Å². The van der Waals surface area contributed by atoms with Gasteiger partial charge in [0, 0.05) is 31.6 Å². The van der Waals surface area contributed by atoms with Crippen LogP contribution in [0.1, 0.15) is 0 Å². The van der Waals surface area contributed by atoms with Crippen molar-refractivity contribution in [2.75, 3.05) is 4.90 Å². The molecule has 16 aromatic rings. The first-order valence-electron chi connectivity index (χ1n) is 27.9. The second kappa shape index (κ2) is 18.2. The van der Waals surface area contributed by atoms with Crippen LogP contribution in [0.25, 0.3) is 137 Å². The van der Waals surface area contributed by atoms with Gasteiger partial charge in [-0.25, -0.2) is 0 Å². The van der Waals surface area contributed by atoms with Gasteiger partial charge in [0.1, 0.15) is 0 Å². The summed E-state index contributed by atoms with van der Waals surface area (Å²) in [7, 11) is 0. The molecule has 1 aliphatic heterocycles. The zero-order chi connectivity index (χ0) is 53.1. The van der Waals surface area contributed by atoms with Crippen molar-refractivity contribution >= 4 is 115 Å². The third kappa shape index (κ3) is 7.36. The minimum atomic E-state index is 1.13. The summed E-state index contributed by atoms with van der Waals surface area (Å²) >= 11 is 1.87. The summed E-state index contributed by atoms with van der Waals surface area (Å²) in [6, 6.07) is 108. The van der Waals surface area contributed by atoms with Crippen molar-refractivity contribution in [3.63, 3.8) is 0 Å². The molecule has 376 valence electrons. The van der Waals surface area contributed by atoms with Crippen molar-refractivity contribution in [2.24, 2.45) is 0 Å². The van der Waals surface area contributed by atoms with Gasteiger partial charge in [-0.1, -0.05) is 224 Å². The molecule has 1 aliphatic rings. The Morgan fingerprint density at radius 2 is 0.704 bits per heavy atom. The molecule has 17 rings (SSSR count). The fourth-order valence-electron chi connectivity index (χ4n) is 13.2. The van der Waals surface area contributed by atoms with Crippen molar-refractivity contribution in [1.82, 2.24) is 4.57 Å². The van der Waals surface area contributed by atoms with Gasteiger partial charge in [-0.2, -0.15) is 0 Å². The van der Waals surface area contributed by atoms with Gasteiger partial charge in [-0.3, -0.25) is 0 Å². The maximum Gasteiger partial charge on any atom is 0.0608 e. The molecule has 0 saturated heterocycles. The molecule has 0 aliphatic carbocycles. The molecule has 0 amide bonds. The fourth-order valence-corrected chi connectivity index (χ4v) is 14.4. The van der Waals surface area contributed by atoms with E-state index in [-0.39, 0.29) is 0 Å². The van der Waals surface area contributed by atoms with Crippen LogP contribution in [0.5, 0.6) is 0 Å². The third-order valence-electron chi connectivity index (χ3n) is 17.0. The van der Waals surface area contributed by atoms with Crippen molar-refractivity contribution in [2.45, 2.75) is 9.79 Å². The van der Waals surface area contributed by atoms with Crippen molar-refractivity contribution < 1.29 is 0 Å². The monoisotopic (exact) mass is 1040 g/mol. The quantitative estimate of drug-likeness (QED) is 0.153. The highest BCUT2D eigenvalue weighted by Gasteiger charge is 2.28. The first kappa shape index (κ1) is 45.8. The minimum absolute atomic E-state index is 1.13. The number of hydrogen-bond acceptors (Lipinski definition) is 2. The molecule has 3 heteroatoms. The van der Waals surface area contributed by atoms with Crippen molar-refractivity contribution in [3.8, 4) is 50.2 Å². The average molecular weight is 1050 g/mol. The Kier molecular flexibility index (Phi) is 10.3. The van der Waals surface area contributed by atoms with Gasteiger partial charge in [0.25, 0.3) is 0 Å². The highest BCUT2D eigenvalue weighted by molar-refractivity contribution is 7.99. The lowest BCUT2D eigenvalue weighted by Crippen LogP contribution is -2.15. The average Bonchev–Trinajstić information content (AvgIpc) is 4.13. The molecule has 2 nitrogen and oxygen atoms in total. The summed E-state index contributed by atoms with van der Waals surface area (Å²) in [5.74, 6) is 0. The largest absolute Gasteiger partial charge is 0.309 e. The summed E-state index contributed by atoms with van der Waals surface area (Å²) in [6.45, 7) is 0. The number of hydrogen-bond donors (Lipinski definition) is 0.